The summed E-state index contributed by atoms with van der Waals surface area (Å²) in [6, 6.07) is 5.94. The van der Waals surface area contributed by atoms with Crippen LogP contribution in [-0.4, -0.2) is 41.8 Å². The topological polar surface area (TPSA) is 88.5 Å². The van der Waals surface area contributed by atoms with E-state index in [0.29, 0.717) is 36.4 Å². The number of methoxy groups -OCH3 is 1. The number of hydrogen-bond donors (Lipinski definition) is 2. The lowest BCUT2D eigenvalue weighted by Crippen LogP contribution is -2.44. The van der Waals surface area contributed by atoms with Gasteiger partial charge in [0.1, 0.15) is 0 Å². The predicted molar refractivity (Wildman–Crippen MR) is 138 cm³/mol. The van der Waals surface area contributed by atoms with Crippen LogP contribution >= 0.6 is 0 Å². The molecule has 2 aromatic rings. The fourth-order valence-electron chi connectivity index (χ4n) is 5.69. The molecular weight excluding hydrogens is 462 g/mol. The smallest absolute Gasteiger partial charge is 0.244 e. The van der Waals surface area contributed by atoms with Gasteiger partial charge in [0.2, 0.25) is 10.0 Å². The van der Waals surface area contributed by atoms with Crippen LogP contribution in [0.25, 0.3) is 6.08 Å². The Kier molecular flexibility index (Phi) is 6.44. The number of nitrogens with zero attached hydrogens (tertiary/aromatic N) is 3. The van der Waals surface area contributed by atoms with Crippen LogP contribution in [0.15, 0.2) is 29.3 Å². The van der Waals surface area contributed by atoms with Crippen LogP contribution < -0.4 is 10.6 Å². The van der Waals surface area contributed by atoms with E-state index in [1.807, 2.05) is 32.2 Å². The summed E-state index contributed by atoms with van der Waals surface area (Å²) in [6.45, 7) is 7.84. The molecule has 1 aromatic heterocycles. The number of rotatable bonds is 7. The summed E-state index contributed by atoms with van der Waals surface area (Å²) in [7, 11) is -1.90. The Labute approximate surface area is 208 Å². The van der Waals surface area contributed by atoms with E-state index in [0.717, 1.165) is 35.6 Å². The molecule has 35 heavy (non-hydrogen) atoms. The van der Waals surface area contributed by atoms with Gasteiger partial charge in [-0.3, -0.25) is 4.68 Å². The Hall–Kier alpha value is -2.36. The summed E-state index contributed by atoms with van der Waals surface area (Å²) < 4.78 is 35.6. The largest absolute Gasteiger partial charge is 0.387 e. The van der Waals surface area contributed by atoms with Gasteiger partial charge in [0.15, 0.2) is 5.82 Å². The maximum Gasteiger partial charge on any atom is 0.244 e. The molecule has 0 amide bonds. The minimum Gasteiger partial charge on any atom is -0.387 e. The van der Waals surface area contributed by atoms with E-state index in [1.54, 1.807) is 17.5 Å². The lowest BCUT2D eigenvalue weighted by atomic mass is 9.86. The standard InChI is InChI=1S/C26H37N5O3S/c1-18-7-5-6-8-22(18)31-23-11-13-27-16-21(23)25(29-31)28-20-9-10-24-19(15-20)17-30(35(24,32)33)26(2,3)12-14-34-4/h9-11,13,15,18,22,27H,5-8,12,14,16-17H2,1-4H3,(H,28,29)/t18-,22-/m0/s1. The fraction of sp³-hybridized carbons (Fsp3) is 0.577. The molecule has 2 N–H and O–H groups in total. The quantitative estimate of drug-likeness (QED) is 0.571. The van der Waals surface area contributed by atoms with Gasteiger partial charge in [-0.25, -0.2) is 8.42 Å². The van der Waals surface area contributed by atoms with Crippen LogP contribution in [0.1, 0.15) is 75.7 Å². The highest BCUT2D eigenvalue weighted by Gasteiger charge is 2.43. The molecule has 0 unspecified atom stereocenters. The Morgan fingerprint density at radius 3 is 2.83 bits per heavy atom. The zero-order valence-electron chi connectivity index (χ0n) is 21.2. The fourth-order valence-corrected chi connectivity index (χ4v) is 7.67. The molecule has 3 heterocycles. The van der Waals surface area contributed by atoms with Gasteiger partial charge in [-0.2, -0.15) is 9.40 Å². The van der Waals surface area contributed by atoms with Crippen LogP contribution in [-0.2, 0) is 27.8 Å². The van der Waals surface area contributed by atoms with E-state index in [2.05, 4.69) is 28.3 Å². The Balaban J connectivity index is 1.44. The number of aromatic nitrogens is 2. The minimum atomic E-state index is -3.54. The Morgan fingerprint density at radius 2 is 2.06 bits per heavy atom. The summed E-state index contributed by atoms with van der Waals surface area (Å²) in [5.74, 6) is 1.44. The third-order valence-electron chi connectivity index (χ3n) is 7.87. The molecule has 0 spiro atoms. The van der Waals surface area contributed by atoms with Crippen molar-refractivity contribution in [1.29, 1.82) is 0 Å². The van der Waals surface area contributed by atoms with Crippen molar-refractivity contribution in [1.82, 2.24) is 19.4 Å². The second-order valence-electron chi connectivity index (χ2n) is 10.7. The van der Waals surface area contributed by atoms with Crippen LogP contribution in [0.3, 0.4) is 0 Å². The molecule has 5 rings (SSSR count). The lowest BCUT2D eigenvalue weighted by Gasteiger charge is -2.33. The van der Waals surface area contributed by atoms with Gasteiger partial charge in [0.05, 0.1) is 16.6 Å². The van der Waals surface area contributed by atoms with Crippen molar-refractivity contribution in [2.24, 2.45) is 5.92 Å². The van der Waals surface area contributed by atoms with Crippen molar-refractivity contribution in [2.45, 2.75) is 82.4 Å². The van der Waals surface area contributed by atoms with Gasteiger partial charge in [-0.15, -0.1) is 0 Å². The van der Waals surface area contributed by atoms with Crippen molar-refractivity contribution in [3.63, 3.8) is 0 Å². The zero-order valence-corrected chi connectivity index (χ0v) is 22.0. The van der Waals surface area contributed by atoms with Gasteiger partial charge in [0, 0.05) is 43.6 Å². The SMILES string of the molecule is COCCC(C)(C)N1Cc2cc(Nc3nn([C@H]4CCCC[C@@H]4C)c4c3CNC=C4)ccc2S1(=O)=O. The molecule has 2 atom stereocenters. The maximum atomic E-state index is 13.3. The van der Waals surface area contributed by atoms with Gasteiger partial charge >= 0.3 is 0 Å². The highest BCUT2D eigenvalue weighted by atomic mass is 32.2. The van der Waals surface area contributed by atoms with E-state index in [4.69, 9.17) is 9.84 Å². The monoisotopic (exact) mass is 499 g/mol. The van der Waals surface area contributed by atoms with Gasteiger partial charge < -0.3 is 15.4 Å². The third kappa shape index (κ3) is 4.38. The van der Waals surface area contributed by atoms with Crippen LogP contribution in [0.5, 0.6) is 0 Å². The van der Waals surface area contributed by atoms with E-state index in [-0.39, 0.29) is 0 Å². The van der Waals surface area contributed by atoms with Crippen LogP contribution in [0.2, 0.25) is 0 Å². The van der Waals surface area contributed by atoms with E-state index in [1.165, 1.54) is 25.0 Å². The molecule has 190 valence electrons. The second kappa shape index (κ2) is 9.26. The molecule has 8 nitrogen and oxygen atoms in total. The Bertz CT molecular complexity index is 1230. The molecule has 1 saturated carbocycles. The average Bonchev–Trinajstić information content (AvgIpc) is 3.33. The molecule has 9 heteroatoms. The summed E-state index contributed by atoms with van der Waals surface area (Å²) in [6.07, 6.45) is 9.67. The zero-order chi connectivity index (χ0) is 24.8. The number of nitrogens with one attached hydrogen (secondary N) is 2. The molecule has 0 bridgehead atoms. The Morgan fingerprint density at radius 1 is 1.26 bits per heavy atom. The minimum absolute atomic E-state index is 0.361. The summed E-state index contributed by atoms with van der Waals surface area (Å²) in [4.78, 5) is 0.390. The summed E-state index contributed by atoms with van der Waals surface area (Å²) in [5, 5.41) is 11.9. The third-order valence-corrected chi connectivity index (χ3v) is 10.0. The summed E-state index contributed by atoms with van der Waals surface area (Å²) >= 11 is 0. The maximum absolute atomic E-state index is 13.3. The number of anilines is 2. The van der Waals surface area contributed by atoms with E-state index >= 15 is 0 Å². The normalized spacial score (nSPS) is 23.5. The molecule has 2 aliphatic heterocycles. The lowest BCUT2D eigenvalue weighted by molar-refractivity contribution is 0.130. The number of sulfonamides is 1. The molecule has 0 radical (unpaired) electrons. The number of ether oxygens (including phenoxy) is 1. The average molecular weight is 500 g/mol. The molecule has 1 aromatic carbocycles. The molecule has 0 saturated heterocycles. The number of benzene rings is 1. The van der Waals surface area contributed by atoms with Crippen molar-refractivity contribution < 1.29 is 13.2 Å². The van der Waals surface area contributed by atoms with Crippen LogP contribution in [0.4, 0.5) is 11.5 Å². The van der Waals surface area contributed by atoms with Crippen molar-refractivity contribution in [3.05, 3.63) is 41.2 Å². The molecule has 1 aliphatic carbocycles. The van der Waals surface area contributed by atoms with E-state index in [9.17, 15) is 8.42 Å². The summed E-state index contributed by atoms with van der Waals surface area (Å²) in [5.41, 5.74) is 3.45. The highest BCUT2D eigenvalue weighted by molar-refractivity contribution is 7.89. The van der Waals surface area contributed by atoms with Gasteiger partial charge in [-0.1, -0.05) is 19.8 Å². The van der Waals surface area contributed by atoms with E-state index < -0.39 is 15.6 Å². The second-order valence-corrected chi connectivity index (χ2v) is 12.5. The first-order chi connectivity index (χ1) is 16.7. The van der Waals surface area contributed by atoms with Crippen molar-refractivity contribution in [2.75, 3.05) is 19.0 Å². The molecule has 3 aliphatic rings. The first-order valence-electron chi connectivity index (χ1n) is 12.7. The van der Waals surface area contributed by atoms with Gasteiger partial charge in [0.25, 0.3) is 0 Å². The van der Waals surface area contributed by atoms with Crippen molar-refractivity contribution >= 4 is 27.6 Å². The number of hydrogen-bond acceptors (Lipinski definition) is 6. The van der Waals surface area contributed by atoms with Crippen LogP contribution in [0, 0.1) is 5.92 Å². The first-order valence-corrected chi connectivity index (χ1v) is 14.1. The number of fused-ring (bicyclic) bond motifs is 2. The van der Waals surface area contributed by atoms with Crippen molar-refractivity contribution in [3.8, 4) is 0 Å². The highest BCUT2D eigenvalue weighted by Crippen LogP contribution is 2.40. The first kappa shape index (κ1) is 24.3. The molecular formula is C26H37N5O3S. The molecule has 1 fully saturated rings. The van der Waals surface area contributed by atoms with Gasteiger partial charge in [-0.05, 0) is 75.1 Å². The predicted octanol–water partition coefficient (Wildman–Crippen LogP) is 4.77.